The number of amides is 3. The van der Waals surface area contributed by atoms with Crippen LogP contribution in [0, 0.1) is 5.41 Å². The number of carbonyl (C=O) groups excluding carboxylic acids is 3. The first-order valence-electron chi connectivity index (χ1n) is 15.6. The van der Waals surface area contributed by atoms with E-state index in [9.17, 15) is 14.4 Å². The van der Waals surface area contributed by atoms with E-state index in [1.165, 1.54) is 6.20 Å². The number of anilines is 3. The minimum absolute atomic E-state index is 0.280. The Kier molecular flexibility index (Phi) is 11.0. The van der Waals surface area contributed by atoms with Gasteiger partial charge in [0.25, 0.3) is 17.7 Å². The zero-order valence-electron chi connectivity index (χ0n) is 27.6. The van der Waals surface area contributed by atoms with E-state index in [-0.39, 0.29) is 11.8 Å². The largest absolute Gasteiger partial charge is 0.378 e. The van der Waals surface area contributed by atoms with Crippen LogP contribution in [-0.4, -0.2) is 87.8 Å². The molecule has 4 heterocycles. The van der Waals surface area contributed by atoms with Crippen molar-refractivity contribution in [3.8, 4) is 0 Å². The highest BCUT2D eigenvalue weighted by Crippen LogP contribution is 2.19. The summed E-state index contributed by atoms with van der Waals surface area (Å²) < 4.78 is 3.26. The average molecular weight is 668 g/mol. The van der Waals surface area contributed by atoms with Gasteiger partial charge in [0.1, 0.15) is 11.4 Å². The van der Waals surface area contributed by atoms with Crippen molar-refractivity contribution in [2.45, 2.75) is 6.42 Å². The van der Waals surface area contributed by atoms with Gasteiger partial charge in [-0.15, -0.1) is 0 Å². The van der Waals surface area contributed by atoms with Gasteiger partial charge in [0.05, 0.1) is 28.5 Å². The molecule has 0 bridgehead atoms. The van der Waals surface area contributed by atoms with Gasteiger partial charge < -0.3 is 34.9 Å². The van der Waals surface area contributed by atoms with Crippen molar-refractivity contribution >= 4 is 64.5 Å². The highest BCUT2D eigenvalue weighted by atomic mass is 32.2. The molecule has 1 fully saturated rings. The number of thioether (sulfide) groups is 1. The summed E-state index contributed by atoms with van der Waals surface area (Å²) in [7, 11) is 7.44. The van der Waals surface area contributed by atoms with Gasteiger partial charge in [-0.2, -0.15) is 11.8 Å². The van der Waals surface area contributed by atoms with E-state index in [4.69, 9.17) is 5.41 Å². The van der Waals surface area contributed by atoms with Gasteiger partial charge in [-0.3, -0.25) is 24.8 Å². The molecule has 250 valence electrons. The van der Waals surface area contributed by atoms with Crippen molar-refractivity contribution in [2.75, 3.05) is 60.8 Å². The van der Waals surface area contributed by atoms with Crippen LogP contribution in [0.5, 0.6) is 0 Å². The van der Waals surface area contributed by atoms with Gasteiger partial charge in [0.15, 0.2) is 0 Å². The molecule has 3 amide bonds. The monoisotopic (exact) mass is 667 g/mol. The van der Waals surface area contributed by atoms with E-state index < -0.39 is 5.91 Å². The first kappa shape index (κ1) is 34.0. The van der Waals surface area contributed by atoms with E-state index >= 15 is 0 Å². The Labute approximate surface area is 284 Å². The maximum Gasteiger partial charge on any atom is 0.272 e. The second-order valence-corrected chi connectivity index (χ2v) is 12.9. The number of hydrogen-bond donors (Lipinski definition) is 4. The van der Waals surface area contributed by atoms with Crippen LogP contribution in [0.1, 0.15) is 49.0 Å². The van der Waals surface area contributed by atoms with Crippen molar-refractivity contribution in [1.29, 1.82) is 5.41 Å². The van der Waals surface area contributed by atoms with Crippen molar-refractivity contribution < 1.29 is 14.4 Å². The maximum atomic E-state index is 13.1. The van der Waals surface area contributed by atoms with Crippen molar-refractivity contribution in [3.05, 3.63) is 95.3 Å². The molecule has 12 nitrogen and oxygen atoms in total. The second-order valence-electron chi connectivity index (χ2n) is 11.7. The predicted octanol–water partition coefficient (Wildman–Crippen LogP) is 4.65. The third-order valence-electron chi connectivity index (χ3n) is 7.94. The summed E-state index contributed by atoms with van der Waals surface area (Å²) in [6.45, 7) is 2.09. The lowest BCUT2D eigenvalue weighted by atomic mass is 10.1. The fourth-order valence-electron chi connectivity index (χ4n) is 5.20. The molecule has 1 aliphatic rings. The zero-order valence-corrected chi connectivity index (χ0v) is 28.4. The molecule has 0 aliphatic carbocycles. The number of rotatable bonds is 11. The van der Waals surface area contributed by atoms with E-state index in [0.29, 0.717) is 47.1 Å². The molecule has 4 aromatic rings. The van der Waals surface area contributed by atoms with Crippen LogP contribution in [0.15, 0.2) is 67.1 Å². The lowest BCUT2D eigenvalue weighted by Crippen LogP contribution is -2.39. The Hall–Kier alpha value is -5.30. The average Bonchev–Trinajstić information content (AvgIpc) is 3.64. The second kappa shape index (κ2) is 15.5. The Morgan fingerprint density at radius 2 is 1.50 bits per heavy atom. The number of nitrogens with zero attached hydrogens (tertiary/aromatic N) is 5. The van der Waals surface area contributed by atoms with Gasteiger partial charge in [-0.1, -0.05) is 18.2 Å². The van der Waals surface area contributed by atoms with Gasteiger partial charge in [0, 0.05) is 90.0 Å². The smallest absolute Gasteiger partial charge is 0.272 e. The van der Waals surface area contributed by atoms with Crippen LogP contribution in [0.4, 0.5) is 17.1 Å². The first-order valence-corrected chi connectivity index (χ1v) is 16.8. The van der Waals surface area contributed by atoms with Crippen molar-refractivity contribution in [2.24, 2.45) is 14.1 Å². The molecule has 0 radical (unpaired) electrons. The fourth-order valence-corrected chi connectivity index (χ4v) is 6.10. The quantitative estimate of drug-likeness (QED) is 0.135. The zero-order chi connectivity index (χ0) is 34.2. The predicted molar refractivity (Wildman–Crippen MR) is 194 cm³/mol. The molecular formula is C35H41N9O3S. The van der Waals surface area contributed by atoms with Crippen molar-refractivity contribution in [3.63, 3.8) is 0 Å². The number of hydrogen-bond acceptors (Lipinski definition) is 7. The van der Waals surface area contributed by atoms with Crippen molar-refractivity contribution in [1.82, 2.24) is 24.3 Å². The summed E-state index contributed by atoms with van der Waals surface area (Å²) >= 11 is 1.89. The Morgan fingerprint density at radius 1 is 0.875 bits per heavy atom. The van der Waals surface area contributed by atoms with Crippen LogP contribution in [0.2, 0.25) is 0 Å². The molecule has 0 atom stereocenters. The number of pyridine rings is 1. The van der Waals surface area contributed by atoms with Gasteiger partial charge in [-0.05, 0) is 48.0 Å². The van der Waals surface area contributed by atoms with E-state index in [1.54, 1.807) is 59.9 Å². The molecule has 1 aliphatic heterocycles. The molecule has 0 spiro atoms. The minimum Gasteiger partial charge on any atom is -0.378 e. The summed E-state index contributed by atoms with van der Waals surface area (Å²) in [5.74, 6) is 1.55. The molecule has 13 heteroatoms. The number of aryl methyl sites for hydroxylation is 2. The van der Waals surface area contributed by atoms with Crippen LogP contribution >= 0.6 is 11.8 Å². The molecule has 5 rings (SSSR count). The highest BCUT2D eigenvalue weighted by Gasteiger charge is 2.18. The molecule has 3 aromatic heterocycles. The van der Waals surface area contributed by atoms with Crippen LogP contribution in [0.25, 0.3) is 12.2 Å². The summed E-state index contributed by atoms with van der Waals surface area (Å²) in [5, 5.41) is 16.8. The van der Waals surface area contributed by atoms with E-state index in [0.717, 1.165) is 41.5 Å². The van der Waals surface area contributed by atoms with Gasteiger partial charge in [0.2, 0.25) is 0 Å². The molecule has 0 unspecified atom stereocenters. The number of nitrogens with one attached hydrogen (secondary N) is 4. The Morgan fingerprint density at radius 3 is 2.10 bits per heavy atom. The number of amidine groups is 1. The van der Waals surface area contributed by atoms with E-state index in [1.807, 2.05) is 67.2 Å². The molecular weight excluding hydrogens is 627 g/mol. The fraction of sp³-hybridized carbons (Fsp3) is 0.286. The molecule has 48 heavy (non-hydrogen) atoms. The molecule has 0 saturated carbocycles. The Balaban J connectivity index is 1.13. The third kappa shape index (κ3) is 8.73. The maximum absolute atomic E-state index is 13.1. The highest BCUT2D eigenvalue weighted by molar-refractivity contribution is 7.99. The standard InChI is InChI=1S/C35H41N9O3S/c1-41(2)29-11-6-24(7-12-29)5-9-26-10-8-25(21-38-26)33(45)39-27-20-31(43(4)22-27)35(47)40-28-19-30(42(3)23-28)34(46)37-14-13-32(36)44-15-17-48-18-16-44/h5-12,19-23,36H,13-18H2,1-4H3,(H,37,46)(H,39,45)(H,40,47). The summed E-state index contributed by atoms with van der Waals surface area (Å²) in [6.07, 6.45) is 9.15. The molecule has 1 aromatic carbocycles. The summed E-state index contributed by atoms with van der Waals surface area (Å²) in [4.78, 5) is 47.4. The third-order valence-corrected chi connectivity index (χ3v) is 8.88. The lowest BCUT2D eigenvalue weighted by molar-refractivity contribution is 0.0944. The summed E-state index contributed by atoms with van der Waals surface area (Å²) in [5.41, 5.74) is 4.90. The lowest BCUT2D eigenvalue weighted by Gasteiger charge is -2.28. The van der Waals surface area contributed by atoms with Gasteiger partial charge in [-0.25, -0.2) is 0 Å². The topological polar surface area (TPSA) is 140 Å². The summed E-state index contributed by atoms with van der Waals surface area (Å²) in [6, 6.07) is 14.8. The number of carbonyl (C=O) groups is 3. The first-order chi connectivity index (χ1) is 23.1. The molecule has 4 N–H and O–H groups in total. The SMILES string of the molecule is CN(C)c1ccc(C=Cc2ccc(C(=O)Nc3cc(C(=O)Nc4cc(C(=O)NCCC(=N)N5CCSCC5)n(C)c4)n(C)c3)cn2)cc1. The number of benzene rings is 1. The van der Waals surface area contributed by atoms with Crippen LogP contribution < -0.4 is 20.9 Å². The van der Waals surface area contributed by atoms with Crippen LogP contribution in [-0.2, 0) is 14.1 Å². The van der Waals surface area contributed by atoms with E-state index in [2.05, 4.69) is 25.8 Å². The Bertz CT molecular complexity index is 1800. The van der Waals surface area contributed by atoms with Gasteiger partial charge >= 0.3 is 0 Å². The minimum atomic E-state index is -0.391. The number of aromatic nitrogens is 3. The molecule has 1 saturated heterocycles. The van der Waals surface area contributed by atoms with Crippen LogP contribution in [0.3, 0.4) is 0 Å². The normalized spacial score (nSPS) is 13.0.